The number of nitrogens with zero attached hydrogens (tertiary/aromatic N) is 5. The monoisotopic (exact) mass is 579 g/mol. The Kier molecular flexibility index (Phi) is 8.57. The van der Waals surface area contributed by atoms with Crippen LogP contribution in [-0.4, -0.2) is 85.9 Å². The second kappa shape index (κ2) is 11.7. The lowest BCUT2D eigenvalue weighted by Crippen LogP contribution is -2.49. The summed E-state index contributed by atoms with van der Waals surface area (Å²) in [5, 5.41) is 0. The van der Waals surface area contributed by atoms with E-state index in [0.717, 1.165) is 84.7 Å². The Morgan fingerprint density at radius 2 is 1.10 bits per heavy atom. The quantitative estimate of drug-likeness (QED) is 0.390. The molecule has 0 spiro atoms. The van der Waals surface area contributed by atoms with E-state index in [4.69, 9.17) is 4.74 Å². The molecule has 7 nitrogen and oxygen atoms in total. The lowest BCUT2D eigenvalue weighted by Gasteiger charge is -2.40. The van der Waals surface area contributed by atoms with Crippen LogP contribution < -0.4 is 14.7 Å². The molecule has 3 aliphatic heterocycles. The van der Waals surface area contributed by atoms with Gasteiger partial charge in [0.25, 0.3) is 0 Å². The highest BCUT2D eigenvalue weighted by Gasteiger charge is 2.36. The van der Waals surface area contributed by atoms with Crippen molar-refractivity contribution in [3.8, 4) is 0 Å². The van der Waals surface area contributed by atoms with E-state index in [-0.39, 0.29) is 6.09 Å². The van der Waals surface area contributed by atoms with Gasteiger partial charge >= 0.3 is 6.09 Å². The molecule has 0 atom stereocenters. The van der Waals surface area contributed by atoms with Crippen LogP contribution in [0.25, 0.3) is 0 Å². The molecule has 0 unspecified atom stereocenters. The van der Waals surface area contributed by atoms with E-state index in [1.165, 1.54) is 11.4 Å². The number of ether oxygens (including phenoxy) is 1. The maximum Gasteiger partial charge on any atom is 0.419 e. The predicted molar refractivity (Wildman–Crippen MR) is 173 cm³/mol. The average molecular weight is 580 g/mol. The number of amides is 1. The molecule has 0 bridgehead atoms. The molecule has 0 N–H and O–H groups in total. The van der Waals surface area contributed by atoms with Gasteiger partial charge in [-0.2, -0.15) is 0 Å². The smallest absolute Gasteiger partial charge is 0.419 e. The Morgan fingerprint density at radius 3 is 1.44 bits per heavy atom. The van der Waals surface area contributed by atoms with Crippen LogP contribution in [0.4, 0.5) is 27.5 Å². The van der Waals surface area contributed by atoms with E-state index in [0.29, 0.717) is 12.1 Å². The predicted octanol–water partition coefficient (Wildman–Crippen LogP) is 6.90. The maximum absolute atomic E-state index is 13.9. The van der Waals surface area contributed by atoms with Gasteiger partial charge in [0.05, 0.1) is 11.4 Å². The van der Waals surface area contributed by atoms with Crippen LogP contribution in [-0.2, 0) is 4.74 Å². The molecule has 41 heavy (non-hydrogen) atoms. The second-order valence-corrected chi connectivity index (χ2v) is 14.5. The average Bonchev–Trinajstić information content (AvgIpc) is 2.90. The summed E-state index contributed by atoms with van der Waals surface area (Å²) in [6.07, 6.45) is -0.317. The third-order valence-corrected chi connectivity index (χ3v) is 9.63. The maximum atomic E-state index is 13.9. The molecule has 1 amide bonds. The van der Waals surface area contributed by atoms with Gasteiger partial charge in [-0.05, 0) is 97.7 Å². The fraction of sp³-hybridized carbons (Fsp3) is 0.606. The van der Waals surface area contributed by atoms with Crippen LogP contribution >= 0.6 is 11.8 Å². The zero-order valence-electron chi connectivity index (χ0n) is 26.6. The van der Waals surface area contributed by atoms with E-state index in [1.54, 1.807) is 11.8 Å². The normalized spacial score (nSPS) is 18.7. The molecule has 3 aliphatic rings. The number of piperazine rings is 2. The molecule has 2 aromatic carbocycles. The summed E-state index contributed by atoms with van der Waals surface area (Å²) in [5.41, 5.74) is 5.98. The molecule has 224 valence electrons. The molecule has 2 aromatic rings. The van der Waals surface area contributed by atoms with Crippen molar-refractivity contribution in [3.05, 3.63) is 35.4 Å². The van der Waals surface area contributed by atoms with Crippen molar-refractivity contribution >= 4 is 40.6 Å². The molecule has 0 radical (unpaired) electrons. The minimum atomic E-state index is -0.587. The van der Waals surface area contributed by atoms with Gasteiger partial charge in [0.1, 0.15) is 5.60 Å². The molecule has 5 rings (SSSR count). The van der Waals surface area contributed by atoms with E-state index in [2.05, 4.69) is 85.4 Å². The van der Waals surface area contributed by atoms with Gasteiger partial charge in [-0.3, -0.25) is 9.80 Å². The van der Waals surface area contributed by atoms with Gasteiger partial charge in [0.15, 0.2) is 0 Å². The highest BCUT2D eigenvalue weighted by Crippen LogP contribution is 2.53. The van der Waals surface area contributed by atoms with Crippen molar-refractivity contribution in [3.63, 3.8) is 0 Å². The van der Waals surface area contributed by atoms with Gasteiger partial charge in [0, 0.05) is 85.6 Å². The Morgan fingerprint density at radius 1 is 0.707 bits per heavy atom. The van der Waals surface area contributed by atoms with Crippen LogP contribution in [0.1, 0.15) is 59.6 Å². The first-order valence-corrected chi connectivity index (χ1v) is 16.1. The van der Waals surface area contributed by atoms with Crippen molar-refractivity contribution in [2.24, 2.45) is 0 Å². The number of carbonyl (C=O) groups excluding carboxylic acids is 1. The summed E-state index contributed by atoms with van der Waals surface area (Å²) in [5.74, 6) is 0. The summed E-state index contributed by atoms with van der Waals surface area (Å²) in [6.45, 7) is 27.5. The lowest BCUT2D eigenvalue weighted by molar-refractivity contribution is 0.0597. The van der Waals surface area contributed by atoms with Crippen LogP contribution in [0.3, 0.4) is 0 Å². The van der Waals surface area contributed by atoms with Crippen LogP contribution in [0.2, 0.25) is 0 Å². The SMILES string of the molecule is Cc1cc(N2CCN(C(C)C)CC2)cc2c1N(C(=O)OC(C)(C)C)c1c(C)cc(N3CCN(C(C)C)CC3)cc1S2. The minimum Gasteiger partial charge on any atom is -0.443 e. The Labute approximate surface area is 251 Å². The van der Waals surface area contributed by atoms with Crippen molar-refractivity contribution in [1.29, 1.82) is 0 Å². The van der Waals surface area contributed by atoms with E-state index >= 15 is 0 Å². The van der Waals surface area contributed by atoms with E-state index < -0.39 is 5.60 Å². The van der Waals surface area contributed by atoms with Crippen molar-refractivity contribution < 1.29 is 9.53 Å². The Hall–Kier alpha value is -2.42. The third kappa shape index (κ3) is 6.35. The highest BCUT2D eigenvalue weighted by atomic mass is 32.2. The molecule has 0 aliphatic carbocycles. The highest BCUT2D eigenvalue weighted by molar-refractivity contribution is 7.99. The second-order valence-electron chi connectivity index (χ2n) is 13.4. The van der Waals surface area contributed by atoms with Crippen LogP contribution in [0.5, 0.6) is 0 Å². The standard InChI is InChI=1S/C33H49N5O2S/c1-22(2)34-10-14-36(15-11-34)26-18-24(5)30-28(20-26)41-29-21-27(37-16-12-35(13-17-37)23(3)4)19-25(6)31(29)38(30)32(39)40-33(7,8)9/h18-23H,10-17H2,1-9H3. The van der Waals surface area contributed by atoms with Gasteiger partial charge < -0.3 is 14.5 Å². The number of benzene rings is 2. The fourth-order valence-electron chi connectivity index (χ4n) is 6.26. The molecule has 2 saturated heterocycles. The van der Waals surface area contributed by atoms with Gasteiger partial charge in [-0.1, -0.05) is 11.8 Å². The zero-order valence-corrected chi connectivity index (χ0v) is 27.4. The molecular formula is C33H49N5O2S. The number of carbonyl (C=O) groups is 1. The number of hydrogen-bond acceptors (Lipinski definition) is 7. The molecule has 0 aromatic heterocycles. The lowest BCUT2D eigenvalue weighted by atomic mass is 10.1. The molecule has 2 fully saturated rings. The Balaban J connectivity index is 1.52. The van der Waals surface area contributed by atoms with E-state index in [1.807, 2.05) is 25.7 Å². The molecule has 0 saturated carbocycles. The van der Waals surface area contributed by atoms with Crippen LogP contribution in [0.15, 0.2) is 34.1 Å². The fourth-order valence-corrected chi connectivity index (χ4v) is 7.56. The molecule has 8 heteroatoms. The first-order chi connectivity index (χ1) is 19.3. The number of aryl methyl sites for hydroxylation is 2. The minimum absolute atomic E-state index is 0.317. The molecular weight excluding hydrogens is 530 g/mol. The van der Waals surface area contributed by atoms with Gasteiger partial charge in [-0.15, -0.1) is 0 Å². The summed E-state index contributed by atoms with van der Waals surface area (Å²) in [4.78, 5) is 28.0. The van der Waals surface area contributed by atoms with Crippen LogP contribution in [0, 0.1) is 13.8 Å². The number of anilines is 4. The topological polar surface area (TPSA) is 42.5 Å². The van der Waals surface area contributed by atoms with Crippen molar-refractivity contribution in [1.82, 2.24) is 9.80 Å². The molecule has 3 heterocycles. The first kappa shape index (κ1) is 30.1. The summed E-state index contributed by atoms with van der Waals surface area (Å²) < 4.78 is 6.01. The van der Waals surface area contributed by atoms with Crippen molar-refractivity contribution in [2.75, 3.05) is 67.1 Å². The number of rotatable bonds is 4. The largest absolute Gasteiger partial charge is 0.443 e. The summed E-state index contributed by atoms with van der Waals surface area (Å²) >= 11 is 1.79. The number of fused-ring (bicyclic) bond motifs is 2. The van der Waals surface area contributed by atoms with E-state index in [9.17, 15) is 4.79 Å². The Bertz CT molecular complexity index is 1190. The summed E-state index contributed by atoms with van der Waals surface area (Å²) in [6, 6.07) is 10.2. The van der Waals surface area contributed by atoms with Gasteiger partial charge in [0.2, 0.25) is 0 Å². The van der Waals surface area contributed by atoms with Crippen molar-refractivity contribution in [2.45, 2.75) is 89.8 Å². The zero-order chi connectivity index (χ0) is 29.6. The summed E-state index contributed by atoms with van der Waals surface area (Å²) in [7, 11) is 0. The third-order valence-electron chi connectivity index (χ3n) is 8.56. The van der Waals surface area contributed by atoms with Gasteiger partial charge in [-0.25, -0.2) is 9.69 Å². The first-order valence-electron chi connectivity index (χ1n) is 15.3. The number of hydrogen-bond donors (Lipinski definition) is 0.